The third kappa shape index (κ3) is 3.95. The van der Waals surface area contributed by atoms with E-state index in [2.05, 4.69) is 15.5 Å². The third-order valence-electron chi connectivity index (χ3n) is 4.08. The minimum absolute atomic E-state index is 0.00445. The van der Waals surface area contributed by atoms with Crippen LogP contribution in [0.5, 0.6) is 5.75 Å². The molecule has 0 bridgehead atoms. The van der Waals surface area contributed by atoms with Crippen LogP contribution in [0.3, 0.4) is 0 Å². The highest BCUT2D eigenvalue weighted by Gasteiger charge is 2.24. The van der Waals surface area contributed by atoms with Crippen molar-refractivity contribution in [1.29, 1.82) is 0 Å². The number of rotatable bonds is 5. The van der Waals surface area contributed by atoms with Gasteiger partial charge in [0.2, 0.25) is 0 Å². The van der Waals surface area contributed by atoms with E-state index >= 15 is 0 Å². The van der Waals surface area contributed by atoms with Gasteiger partial charge in [0.15, 0.2) is 5.69 Å². The number of carbonyl (C=O) groups excluding carboxylic acids is 2. The van der Waals surface area contributed by atoms with Crippen LogP contribution in [-0.2, 0) is 16.0 Å². The molecular weight excluding hydrogens is 350 g/mol. The van der Waals surface area contributed by atoms with E-state index in [0.29, 0.717) is 10.8 Å². The fourth-order valence-electron chi connectivity index (χ4n) is 2.72. The lowest BCUT2D eigenvalue weighted by Crippen LogP contribution is -2.43. The SMILES string of the molecule is COC(=O)C(Cc1ccc(O)cc1)NC(=O)c1n[nH]c(=O)c2ccccc12. The zero-order valence-corrected chi connectivity index (χ0v) is 14.4. The Kier molecular flexibility index (Phi) is 5.16. The van der Waals surface area contributed by atoms with Crippen molar-refractivity contribution in [3.8, 4) is 5.75 Å². The normalized spacial score (nSPS) is 11.7. The Morgan fingerprint density at radius 2 is 1.81 bits per heavy atom. The first-order valence-electron chi connectivity index (χ1n) is 8.13. The van der Waals surface area contributed by atoms with Gasteiger partial charge in [-0.2, -0.15) is 5.10 Å². The van der Waals surface area contributed by atoms with Crippen molar-refractivity contribution in [2.24, 2.45) is 0 Å². The molecule has 3 rings (SSSR count). The number of carbonyl (C=O) groups is 2. The predicted octanol–water partition coefficient (Wildman–Crippen LogP) is 1.14. The molecule has 3 N–H and O–H groups in total. The molecule has 0 saturated heterocycles. The number of fused-ring (bicyclic) bond motifs is 1. The summed E-state index contributed by atoms with van der Waals surface area (Å²) in [4.78, 5) is 36.7. The molecule has 1 atom stereocenters. The highest BCUT2D eigenvalue weighted by molar-refractivity contribution is 6.05. The molecule has 1 aromatic heterocycles. The van der Waals surface area contributed by atoms with E-state index in [-0.39, 0.29) is 17.9 Å². The molecular formula is C19H17N3O5. The minimum Gasteiger partial charge on any atom is -0.508 e. The number of methoxy groups -OCH3 is 1. The Morgan fingerprint density at radius 3 is 2.48 bits per heavy atom. The molecule has 8 heteroatoms. The molecule has 0 spiro atoms. The molecule has 3 aromatic rings. The first kappa shape index (κ1) is 18.1. The number of nitrogens with one attached hydrogen (secondary N) is 2. The average molecular weight is 367 g/mol. The number of benzene rings is 2. The van der Waals surface area contributed by atoms with Crippen molar-refractivity contribution in [3.63, 3.8) is 0 Å². The molecule has 0 saturated carbocycles. The smallest absolute Gasteiger partial charge is 0.328 e. The highest BCUT2D eigenvalue weighted by Crippen LogP contribution is 2.14. The maximum absolute atomic E-state index is 12.7. The molecule has 27 heavy (non-hydrogen) atoms. The second-order valence-electron chi connectivity index (χ2n) is 5.87. The molecule has 1 heterocycles. The first-order valence-corrected chi connectivity index (χ1v) is 8.13. The summed E-state index contributed by atoms with van der Waals surface area (Å²) in [6.45, 7) is 0. The maximum atomic E-state index is 12.7. The Bertz CT molecular complexity index is 1040. The summed E-state index contributed by atoms with van der Waals surface area (Å²) in [6, 6.07) is 11.9. The van der Waals surface area contributed by atoms with E-state index in [1.165, 1.54) is 19.2 Å². The Balaban J connectivity index is 1.89. The van der Waals surface area contributed by atoms with Crippen LogP contribution in [0, 0.1) is 0 Å². The number of hydrogen-bond donors (Lipinski definition) is 3. The number of nitrogens with zero attached hydrogens (tertiary/aromatic N) is 1. The van der Waals surface area contributed by atoms with Crippen LogP contribution in [0.25, 0.3) is 10.8 Å². The molecule has 0 aliphatic rings. The summed E-state index contributed by atoms with van der Waals surface area (Å²) in [5, 5.41) is 18.8. The predicted molar refractivity (Wildman–Crippen MR) is 97.4 cm³/mol. The van der Waals surface area contributed by atoms with Gasteiger partial charge in [-0.05, 0) is 23.8 Å². The number of ether oxygens (including phenoxy) is 1. The molecule has 1 unspecified atom stereocenters. The molecule has 0 aliphatic heterocycles. The number of hydrogen-bond acceptors (Lipinski definition) is 6. The molecule has 0 aliphatic carbocycles. The van der Waals surface area contributed by atoms with Gasteiger partial charge in [0.05, 0.1) is 12.5 Å². The van der Waals surface area contributed by atoms with Crippen LogP contribution in [-0.4, -0.2) is 40.3 Å². The highest BCUT2D eigenvalue weighted by atomic mass is 16.5. The minimum atomic E-state index is -0.959. The van der Waals surface area contributed by atoms with Crippen molar-refractivity contribution in [2.45, 2.75) is 12.5 Å². The molecule has 0 radical (unpaired) electrons. The number of amides is 1. The summed E-state index contributed by atoms with van der Waals surface area (Å²) < 4.78 is 4.77. The standard InChI is InChI=1S/C19H17N3O5/c1-27-19(26)15(10-11-6-8-12(23)9-7-11)20-18(25)16-13-4-2-3-5-14(13)17(24)22-21-16/h2-9,15,23H,10H2,1H3,(H,20,25)(H,22,24). The number of aromatic nitrogens is 2. The van der Waals surface area contributed by atoms with Crippen LogP contribution in [0.2, 0.25) is 0 Å². The zero-order valence-electron chi connectivity index (χ0n) is 14.4. The Hall–Kier alpha value is -3.68. The quantitative estimate of drug-likeness (QED) is 0.582. The van der Waals surface area contributed by atoms with Gasteiger partial charge in [-0.25, -0.2) is 9.89 Å². The summed E-state index contributed by atoms with van der Waals surface area (Å²) in [5.41, 5.74) is 0.323. The zero-order chi connectivity index (χ0) is 19.4. The summed E-state index contributed by atoms with van der Waals surface area (Å²) >= 11 is 0. The molecule has 138 valence electrons. The van der Waals surface area contributed by atoms with Gasteiger partial charge in [0.25, 0.3) is 11.5 Å². The number of aromatic hydroxyl groups is 1. The number of phenolic OH excluding ortho intramolecular Hbond substituents is 1. The van der Waals surface area contributed by atoms with Crippen LogP contribution < -0.4 is 10.9 Å². The van der Waals surface area contributed by atoms with E-state index in [1.807, 2.05) is 0 Å². The summed E-state index contributed by atoms with van der Waals surface area (Å²) in [6.07, 6.45) is 0.167. The average Bonchev–Trinajstić information content (AvgIpc) is 2.69. The first-order chi connectivity index (χ1) is 13.0. The van der Waals surface area contributed by atoms with Crippen LogP contribution in [0.15, 0.2) is 53.3 Å². The lowest BCUT2D eigenvalue weighted by molar-refractivity contribution is -0.142. The maximum Gasteiger partial charge on any atom is 0.328 e. The van der Waals surface area contributed by atoms with E-state index in [4.69, 9.17) is 4.74 Å². The second-order valence-corrected chi connectivity index (χ2v) is 5.87. The molecule has 2 aromatic carbocycles. The van der Waals surface area contributed by atoms with E-state index in [1.54, 1.807) is 36.4 Å². The number of H-pyrrole nitrogens is 1. The topological polar surface area (TPSA) is 121 Å². The van der Waals surface area contributed by atoms with Crippen LogP contribution >= 0.6 is 0 Å². The largest absolute Gasteiger partial charge is 0.508 e. The van der Waals surface area contributed by atoms with Crippen LogP contribution in [0.1, 0.15) is 16.1 Å². The molecule has 0 fully saturated rings. The van der Waals surface area contributed by atoms with Crippen molar-refractivity contribution < 1.29 is 19.4 Å². The monoisotopic (exact) mass is 367 g/mol. The molecule has 1 amide bonds. The number of phenols is 1. The lowest BCUT2D eigenvalue weighted by atomic mass is 10.0. The van der Waals surface area contributed by atoms with Crippen molar-refractivity contribution in [2.75, 3.05) is 7.11 Å². The van der Waals surface area contributed by atoms with Crippen LogP contribution in [0.4, 0.5) is 0 Å². The summed E-state index contributed by atoms with van der Waals surface area (Å²) in [5.74, 6) is -1.14. The van der Waals surface area contributed by atoms with Gasteiger partial charge in [0, 0.05) is 11.8 Å². The van der Waals surface area contributed by atoms with Crippen molar-refractivity contribution in [1.82, 2.24) is 15.5 Å². The van der Waals surface area contributed by atoms with Gasteiger partial charge in [-0.1, -0.05) is 30.3 Å². The van der Waals surface area contributed by atoms with E-state index in [0.717, 1.165) is 5.56 Å². The fourth-order valence-corrected chi connectivity index (χ4v) is 2.72. The van der Waals surface area contributed by atoms with Crippen molar-refractivity contribution >= 4 is 22.6 Å². The van der Waals surface area contributed by atoms with Gasteiger partial charge >= 0.3 is 5.97 Å². The molecule has 8 nitrogen and oxygen atoms in total. The number of aromatic amines is 1. The fraction of sp³-hybridized carbons (Fsp3) is 0.158. The lowest BCUT2D eigenvalue weighted by Gasteiger charge is -2.17. The van der Waals surface area contributed by atoms with E-state index < -0.39 is 23.5 Å². The summed E-state index contributed by atoms with van der Waals surface area (Å²) in [7, 11) is 1.23. The third-order valence-corrected chi connectivity index (χ3v) is 4.08. The van der Waals surface area contributed by atoms with Gasteiger partial charge in [-0.15, -0.1) is 0 Å². The Morgan fingerprint density at radius 1 is 1.15 bits per heavy atom. The number of esters is 1. The van der Waals surface area contributed by atoms with E-state index in [9.17, 15) is 19.5 Å². The van der Waals surface area contributed by atoms with Gasteiger partial charge in [-0.3, -0.25) is 9.59 Å². The van der Waals surface area contributed by atoms with Gasteiger partial charge in [0.1, 0.15) is 11.8 Å². The second kappa shape index (κ2) is 7.69. The van der Waals surface area contributed by atoms with Gasteiger partial charge < -0.3 is 15.2 Å². The Labute approximate surface area is 153 Å². The van der Waals surface area contributed by atoms with Crippen molar-refractivity contribution in [3.05, 3.63) is 70.1 Å².